The van der Waals surface area contributed by atoms with Gasteiger partial charge in [-0.15, -0.1) is 9.46 Å². The first-order valence-corrected chi connectivity index (χ1v) is 10.2. The smallest absolute Gasteiger partial charge is 0.339 e. The molecule has 1 unspecified atom stereocenters. The fraction of sp³-hybridized carbons (Fsp3) is 0.524. The number of hydrogen-bond acceptors (Lipinski definition) is 9. The lowest BCUT2D eigenvalue weighted by atomic mass is 9.84. The largest absolute Gasteiger partial charge is 0.492 e. The van der Waals surface area contributed by atoms with E-state index < -0.39 is 46.5 Å². The highest BCUT2D eigenvalue weighted by Crippen LogP contribution is 2.30. The molecule has 0 amide bonds. The topological polar surface area (TPSA) is 153 Å². The second kappa shape index (κ2) is 9.86. The standard InChI is InChI=1S/C21H30N2O9/c1-5-21(4,19(29)32-23-16(26)8-9-17(23)27)12-13-30-20(2,3)11-10-18(28)31-22-14(24)6-7-15(22)25/h6-9,24-27H,5,10-13H2,1-4H3. The van der Waals surface area contributed by atoms with Gasteiger partial charge >= 0.3 is 11.9 Å². The molecule has 4 N–H and O–H groups in total. The Hall–Kier alpha value is -3.34. The lowest BCUT2D eigenvalue weighted by Gasteiger charge is -2.29. The van der Waals surface area contributed by atoms with Gasteiger partial charge in [-0.25, -0.2) is 9.59 Å². The predicted octanol–water partition coefficient (Wildman–Crippen LogP) is 2.10. The molecule has 0 aliphatic carbocycles. The Balaban J connectivity index is 1.85. The van der Waals surface area contributed by atoms with Gasteiger partial charge < -0.3 is 34.8 Å². The van der Waals surface area contributed by atoms with E-state index in [9.17, 15) is 30.0 Å². The molecule has 0 aliphatic rings. The summed E-state index contributed by atoms with van der Waals surface area (Å²) in [7, 11) is 0. The van der Waals surface area contributed by atoms with Crippen LogP contribution in [0.4, 0.5) is 0 Å². The Bertz CT molecular complexity index is 908. The summed E-state index contributed by atoms with van der Waals surface area (Å²) in [6.07, 6.45) is 0.967. The molecule has 11 heteroatoms. The molecule has 11 nitrogen and oxygen atoms in total. The number of hydrogen-bond donors (Lipinski definition) is 4. The number of aromatic hydroxyl groups is 4. The maximum Gasteiger partial charge on any atom is 0.339 e. The van der Waals surface area contributed by atoms with E-state index in [0.29, 0.717) is 22.3 Å². The summed E-state index contributed by atoms with van der Waals surface area (Å²) in [6.45, 7) is 7.25. The summed E-state index contributed by atoms with van der Waals surface area (Å²) in [5.41, 5.74) is -1.67. The van der Waals surface area contributed by atoms with Crippen molar-refractivity contribution < 1.29 is 44.4 Å². The number of nitrogens with zero attached hydrogens (tertiary/aromatic N) is 2. The molecular weight excluding hydrogens is 424 g/mol. The zero-order valence-corrected chi connectivity index (χ0v) is 18.6. The van der Waals surface area contributed by atoms with E-state index in [1.165, 1.54) is 24.3 Å². The van der Waals surface area contributed by atoms with Crippen molar-refractivity contribution in [2.24, 2.45) is 5.41 Å². The van der Waals surface area contributed by atoms with Crippen molar-refractivity contribution in [1.82, 2.24) is 9.46 Å². The van der Waals surface area contributed by atoms with Crippen molar-refractivity contribution in [3.05, 3.63) is 24.3 Å². The summed E-state index contributed by atoms with van der Waals surface area (Å²) < 4.78 is 7.13. The van der Waals surface area contributed by atoms with Crippen molar-refractivity contribution >= 4 is 11.9 Å². The Morgan fingerprint density at radius 2 is 1.31 bits per heavy atom. The van der Waals surface area contributed by atoms with Crippen LogP contribution in [-0.2, 0) is 14.3 Å². The maximum atomic E-state index is 12.6. The van der Waals surface area contributed by atoms with Crippen LogP contribution in [0.15, 0.2) is 24.3 Å². The molecule has 0 fully saturated rings. The first kappa shape index (κ1) is 24.9. The van der Waals surface area contributed by atoms with Crippen LogP contribution in [-0.4, -0.2) is 54.0 Å². The molecule has 2 heterocycles. The van der Waals surface area contributed by atoms with E-state index in [0.717, 1.165) is 0 Å². The van der Waals surface area contributed by atoms with Gasteiger partial charge in [-0.2, -0.15) is 0 Å². The van der Waals surface area contributed by atoms with Crippen molar-refractivity contribution in [2.45, 2.75) is 59.0 Å². The van der Waals surface area contributed by atoms with Crippen LogP contribution in [0.1, 0.15) is 53.4 Å². The molecule has 0 aromatic carbocycles. The number of carbonyl (C=O) groups is 2. The van der Waals surface area contributed by atoms with Crippen LogP contribution in [0, 0.1) is 5.41 Å². The molecule has 2 aromatic heterocycles. The Morgan fingerprint density at radius 3 is 1.78 bits per heavy atom. The van der Waals surface area contributed by atoms with E-state index in [1.54, 1.807) is 20.8 Å². The van der Waals surface area contributed by atoms with E-state index in [2.05, 4.69) is 0 Å². The van der Waals surface area contributed by atoms with Gasteiger partial charge in [0.25, 0.3) is 0 Å². The molecule has 0 aliphatic heterocycles. The van der Waals surface area contributed by atoms with Crippen molar-refractivity contribution in [3.8, 4) is 23.5 Å². The SMILES string of the molecule is CCC(C)(CCOC(C)(C)CCC(=O)On1c(O)ccc1O)C(=O)On1c(O)ccc1O. The van der Waals surface area contributed by atoms with Crippen LogP contribution in [0.5, 0.6) is 23.5 Å². The molecule has 2 aromatic rings. The minimum absolute atomic E-state index is 0.0384. The van der Waals surface area contributed by atoms with Gasteiger partial charge in [-0.1, -0.05) is 6.92 Å². The molecule has 0 bridgehead atoms. The number of carbonyl (C=O) groups excluding carboxylic acids is 2. The fourth-order valence-electron chi connectivity index (χ4n) is 2.78. The summed E-state index contributed by atoms with van der Waals surface area (Å²) in [5.74, 6) is -2.92. The highest BCUT2D eigenvalue weighted by atomic mass is 16.7. The molecule has 0 saturated heterocycles. The normalized spacial score (nSPS) is 13.5. The summed E-state index contributed by atoms with van der Waals surface area (Å²) in [4.78, 5) is 34.7. The van der Waals surface area contributed by atoms with E-state index in [1.807, 2.05) is 6.92 Å². The predicted molar refractivity (Wildman–Crippen MR) is 111 cm³/mol. The summed E-state index contributed by atoms with van der Waals surface area (Å²) >= 11 is 0. The van der Waals surface area contributed by atoms with Crippen LogP contribution in [0.3, 0.4) is 0 Å². The lowest BCUT2D eigenvalue weighted by molar-refractivity contribution is -0.159. The fourth-order valence-corrected chi connectivity index (χ4v) is 2.78. The van der Waals surface area contributed by atoms with Crippen molar-refractivity contribution in [3.63, 3.8) is 0 Å². The second-order valence-corrected chi connectivity index (χ2v) is 8.30. The third-order valence-electron chi connectivity index (χ3n) is 5.31. The third kappa shape index (κ3) is 6.10. The number of rotatable bonds is 11. The third-order valence-corrected chi connectivity index (χ3v) is 5.31. The summed E-state index contributed by atoms with van der Waals surface area (Å²) in [5, 5.41) is 38.3. The quantitative estimate of drug-likeness (QED) is 0.400. The van der Waals surface area contributed by atoms with Gasteiger partial charge in [0, 0.05) is 30.9 Å². The van der Waals surface area contributed by atoms with Crippen molar-refractivity contribution in [1.29, 1.82) is 0 Å². The molecule has 1 atom stereocenters. The molecule has 0 spiro atoms. The minimum Gasteiger partial charge on any atom is -0.492 e. The number of ether oxygens (including phenoxy) is 1. The lowest BCUT2D eigenvalue weighted by Crippen LogP contribution is -2.37. The highest BCUT2D eigenvalue weighted by molar-refractivity contribution is 5.76. The van der Waals surface area contributed by atoms with E-state index in [4.69, 9.17) is 14.4 Å². The van der Waals surface area contributed by atoms with E-state index in [-0.39, 0.29) is 19.4 Å². The van der Waals surface area contributed by atoms with Gasteiger partial charge in [-0.05, 0) is 40.0 Å². The van der Waals surface area contributed by atoms with Gasteiger partial charge in [-0.3, -0.25) is 0 Å². The monoisotopic (exact) mass is 454 g/mol. The van der Waals surface area contributed by atoms with Crippen LogP contribution >= 0.6 is 0 Å². The van der Waals surface area contributed by atoms with Crippen LogP contribution in [0.25, 0.3) is 0 Å². The molecule has 0 saturated carbocycles. The Morgan fingerprint density at radius 1 is 0.844 bits per heavy atom. The zero-order chi connectivity index (χ0) is 24.1. The van der Waals surface area contributed by atoms with Gasteiger partial charge in [0.05, 0.1) is 17.4 Å². The molecule has 32 heavy (non-hydrogen) atoms. The number of aromatic nitrogens is 2. The van der Waals surface area contributed by atoms with Gasteiger partial charge in [0.1, 0.15) is 0 Å². The van der Waals surface area contributed by atoms with Crippen LogP contribution in [0.2, 0.25) is 0 Å². The highest BCUT2D eigenvalue weighted by Gasteiger charge is 2.35. The Labute approximate surface area is 185 Å². The average molecular weight is 454 g/mol. The average Bonchev–Trinajstić information content (AvgIpc) is 3.22. The van der Waals surface area contributed by atoms with Gasteiger partial charge in [0.2, 0.25) is 23.5 Å². The van der Waals surface area contributed by atoms with Gasteiger partial charge in [0.15, 0.2) is 0 Å². The molecule has 0 radical (unpaired) electrons. The minimum atomic E-state index is -0.943. The van der Waals surface area contributed by atoms with E-state index >= 15 is 0 Å². The molecule has 2 rings (SSSR count). The summed E-state index contributed by atoms with van der Waals surface area (Å²) in [6, 6.07) is 4.76. The molecule has 178 valence electrons. The van der Waals surface area contributed by atoms with Crippen LogP contribution < -0.4 is 9.68 Å². The maximum absolute atomic E-state index is 12.6. The Kier molecular flexibility index (Phi) is 7.68. The first-order valence-electron chi connectivity index (χ1n) is 10.2. The second-order valence-electron chi connectivity index (χ2n) is 8.30. The first-order chi connectivity index (χ1) is 14.9. The van der Waals surface area contributed by atoms with Crippen molar-refractivity contribution in [2.75, 3.05) is 6.61 Å². The zero-order valence-electron chi connectivity index (χ0n) is 18.6. The molecular formula is C21H30N2O9.